The standard InChI is InChI=1S/C39H39N4.C5H5.Ti/c1-25-7-14-30(15-8-25)40-35-22-29(5)23-39(6,24-36(35)41-31-16-9-26(2)10-17-31)38-37(42-32-18-11-27(3)12-19-32)33-21-28(4)13-20-34(33)43-38;1-2-4-5-3-1;/h7-21,23,43H,22,24H2,1-6H3;1-5H;/q-3;-1;+4. The Hall–Kier alpha value is -4.64. The van der Waals surface area contributed by atoms with Gasteiger partial charge in [0.05, 0.1) is 0 Å². The van der Waals surface area contributed by atoms with Gasteiger partial charge in [-0.05, 0) is 58.9 Å². The van der Waals surface area contributed by atoms with Crippen LogP contribution < -0.4 is 0 Å². The molecule has 1 N–H and O–H groups in total. The molecule has 0 bridgehead atoms. The summed E-state index contributed by atoms with van der Waals surface area (Å²) in [5, 5.41) is 16.9. The molecule has 0 saturated heterocycles. The third kappa shape index (κ3) is 8.89. The molecule has 6 aromatic rings. The fraction of sp³-hybridized carbons (Fsp3) is 0.205. The van der Waals surface area contributed by atoms with Crippen LogP contribution in [0.3, 0.4) is 0 Å². The normalized spacial score (nSPS) is 15.8. The Morgan fingerprint density at radius 2 is 1.10 bits per heavy atom. The van der Waals surface area contributed by atoms with Crippen molar-refractivity contribution in [2.45, 2.75) is 59.8 Å². The summed E-state index contributed by atoms with van der Waals surface area (Å²) >= 11 is 0. The summed E-state index contributed by atoms with van der Waals surface area (Å²) < 4.78 is 0. The van der Waals surface area contributed by atoms with Crippen molar-refractivity contribution in [3.8, 4) is 0 Å². The molecule has 7 rings (SSSR count). The van der Waals surface area contributed by atoms with Crippen LogP contribution in [0.15, 0.2) is 144 Å². The molecule has 0 spiro atoms. The zero-order valence-corrected chi connectivity index (χ0v) is 30.9. The van der Waals surface area contributed by atoms with Crippen molar-refractivity contribution in [3.63, 3.8) is 0 Å². The van der Waals surface area contributed by atoms with E-state index in [1.807, 2.05) is 30.3 Å². The summed E-state index contributed by atoms with van der Waals surface area (Å²) in [7, 11) is 0. The van der Waals surface area contributed by atoms with Crippen LogP contribution in [0.1, 0.15) is 54.6 Å². The molecule has 0 amide bonds. The Kier molecular flexibility index (Phi) is 11.4. The molecule has 5 heteroatoms. The van der Waals surface area contributed by atoms with E-state index in [4.69, 9.17) is 16.0 Å². The summed E-state index contributed by atoms with van der Waals surface area (Å²) in [5.41, 5.74) is 13.8. The molecule has 1 atom stereocenters. The van der Waals surface area contributed by atoms with Crippen molar-refractivity contribution >= 4 is 33.7 Å². The SMILES string of the molecule is CC1=CC(C)(c2[nH]c3ccc(C)cc3c2[N-]c2ccc(C)cc2)CC([N-]c2ccc(C)cc2)=C([N-]c2ccc(C)cc2)C1.[Ti+4].c1cc[cH-]c1. The van der Waals surface area contributed by atoms with Gasteiger partial charge < -0.3 is 20.9 Å². The maximum atomic E-state index is 5.27. The molecule has 1 aliphatic rings. The second kappa shape index (κ2) is 15.7. The molecule has 0 radical (unpaired) electrons. The molecule has 1 aliphatic carbocycles. The van der Waals surface area contributed by atoms with Crippen molar-refractivity contribution in [1.29, 1.82) is 0 Å². The van der Waals surface area contributed by atoms with Crippen molar-refractivity contribution in [2.75, 3.05) is 0 Å². The third-order valence-electron chi connectivity index (χ3n) is 8.80. The molecule has 0 aliphatic heterocycles. The third-order valence-corrected chi connectivity index (χ3v) is 8.80. The van der Waals surface area contributed by atoms with Gasteiger partial charge in [0.25, 0.3) is 0 Å². The van der Waals surface area contributed by atoms with Gasteiger partial charge in [-0.2, -0.15) is 29.6 Å². The first kappa shape index (κ1) is 35.7. The Labute approximate surface area is 307 Å². The largest absolute Gasteiger partial charge is 4.00 e. The molecular weight excluding hydrogens is 632 g/mol. The first-order valence-corrected chi connectivity index (χ1v) is 16.7. The predicted molar refractivity (Wildman–Crippen MR) is 205 cm³/mol. The molecule has 244 valence electrons. The smallest absolute Gasteiger partial charge is 0.662 e. The van der Waals surface area contributed by atoms with Gasteiger partial charge >= 0.3 is 21.7 Å². The van der Waals surface area contributed by atoms with Crippen LogP contribution in [0, 0.1) is 27.7 Å². The monoisotopic (exact) mass is 676 g/mol. The molecule has 1 unspecified atom stereocenters. The van der Waals surface area contributed by atoms with E-state index >= 15 is 0 Å². The van der Waals surface area contributed by atoms with Crippen molar-refractivity contribution in [2.24, 2.45) is 0 Å². The van der Waals surface area contributed by atoms with E-state index in [9.17, 15) is 0 Å². The maximum Gasteiger partial charge on any atom is 4.00 e. The first-order valence-electron chi connectivity index (χ1n) is 16.7. The van der Waals surface area contributed by atoms with Gasteiger partial charge in [0, 0.05) is 16.6 Å². The van der Waals surface area contributed by atoms with Crippen LogP contribution in [0.25, 0.3) is 26.9 Å². The summed E-state index contributed by atoms with van der Waals surface area (Å²) in [6.07, 6.45) is 3.82. The Morgan fingerprint density at radius 1 is 0.612 bits per heavy atom. The van der Waals surface area contributed by atoms with Gasteiger partial charge in [0.15, 0.2) is 0 Å². The van der Waals surface area contributed by atoms with Gasteiger partial charge in [-0.3, -0.25) is 0 Å². The van der Waals surface area contributed by atoms with Crippen LogP contribution in [0.5, 0.6) is 0 Å². The van der Waals surface area contributed by atoms with E-state index in [0.717, 1.165) is 57.2 Å². The van der Waals surface area contributed by atoms with E-state index in [2.05, 4.69) is 144 Å². The van der Waals surface area contributed by atoms with Gasteiger partial charge in [0.2, 0.25) is 0 Å². The minimum Gasteiger partial charge on any atom is -0.662 e. The van der Waals surface area contributed by atoms with Crippen LogP contribution in [-0.4, -0.2) is 4.98 Å². The van der Waals surface area contributed by atoms with Gasteiger partial charge in [0.1, 0.15) is 0 Å². The molecule has 1 aromatic heterocycles. The van der Waals surface area contributed by atoms with E-state index in [1.54, 1.807) is 0 Å². The fourth-order valence-corrected chi connectivity index (χ4v) is 6.27. The van der Waals surface area contributed by atoms with E-state index < -0.39 is 5.41 Å². The average molecular weight is 677 g/mol. The quantitative estimate of drug-likeness (QED) is 0.0994. The van der Waals surface area contributed by atoms with Crippen molar-refractivity contribution in [1.82, 2.24) is 4.98 Å². The van der Waals surface area contributed by atoms with Gasteiger partial charge in [-0.25, -0.2) is 12.1 Å². The van der Waals surface area contributed by atoms with Gasteiger partial charge in [-0.15, -0.1) is 22.7 Å². The van der Waals surface area contributed by atoms with Crippen LogP contribution >= 0.6 is 0 Å². The number of nitrogens with one attached hydrogen (secondary N) is 1. The zero-order valence-electron chi connectivity index (χ0n) is 29.4. The second-order valence-corrected chi connectivity index (χ2v) is 13.4. The number of aromatic nitrogens is 1. The number of hydrogen-bond donors (Lipinski definition) is 1. The number of hydrogen-bond acceptors (Lipinski definition) is 0. The number of aryl methyl sites for hydroxylation is 4. The Bertz CT molecular complexity index is 2010. The summed E-state index contributed by atoms with van der Waals surface area (Å²) in [6, 6.07) is 41.9. The second-order valence-electron chi connectivity index (χ2n) is 13.4. The number of H-pyrrole nitrogens is 1. The minimum atomic E-state index is -0.394. The topological polar surface area (TPSA) is 58.1 Å². The van der Waals surface area contributed by atoms with E-state index in [1.165, 1.54) is 27.8 Å². The Balaban J connectivity index is 0.000000717. The van der Waals surface area contributed by atoms with Crippen LogP contribution in [-0.2, 0) is 27.1 Å². The number of nitrogens with zero attached hydrogens (tertiary/aromatic N) is 3. The van der Waals surface area contributed by atoms with Crippen molar-refractivity contribution < 1.29 is 21.7 Å². The molecule has 5 aromatic carbocycles. The molecular formula is C44H44N4Ti. The van der Waals surface area contributed by atoms with Crippen LogP contribution in [0.2, 0.25) is 0 Å². The van der Waals surface area contributed by atoms with Gasteiger partial charge in [-0.1, -0.05) is 126 Å². The number of fused-ring (bicyclic) bond motifs is 1. The predicted octanol–water partition coefficient (Wildman–Crippen LogP) is 13.8. The van der Waals surface area contributed by atoms with Crippen molar-refractivity contribution in [3.05, 3.63) is 188 Å². The minimum absolute atomic E-state index is 0. The number of allylic oxidation sites excluding steroid dienone is 3. The van der Waals surface area contributed by atoms with E-state index in [-0.39, 0.29) is 21.7 Å². The Morgan fingerprint density at radius 3 is 1.61 bits per heavy atom. The average Bonchev–Trinajstić information content (AvgIpc) is 3.74. The number of aromatic amines is 1. The molecule has 4 nitrogen and oxygen atoms in total. The molecule has 0 saturated carbocycles. The molecule has 1 heterocycles. The summed E-state index contributed by atoms with van der Waals surface area (Å²) in [6.45, 7) is 13.0. The fourth-order valence-electron chi connectivity index (χ4n) is 6.27. The molecule has 49 heavy (non-hydrogen) atoms. The summed E-state index contributed by atoms with van der Waals surface area (Å²) in [4.78, 5) is 3.81. The first-order chi connectivity index (χ1) is 23.1. The summed E-state index contributed by atoms with van der Waals surface area (Å²) in [5.74, 6) is 0. The molecule has 0 fully saturated rings. The van der Waals surface area contributed by atoms with E-state index in [0.29, 0.717) is 6.42 Å². The maximum absolute atomic E-state index is 5.27. The number of rotatable bonds is 7. The van der Waals surface area contributed by atoms with Crippen LogP contribution in [0.4, 0.5) is 22.7 Å². The zero-order chi connectivity index (χ0) is 33.7. The number of benzene rings is 4.